The van der Waals surface area contributed by atoms with Crippen LogP contribution in [0.5, 0.6) is 5.75 Å². The normalized spacial score (nSPS) is 18.9. The number of Topliss-reactive ketones (excluding diaryl/α,β-unsaturated/α-hetero) is 1. The van der Waals surface area contributed by atoms with Crippen LogP contribution >= 0.6 is 0 Å². The molecule has 0 radical (unpaired) electrons. The number of hydrogen-bond acceptors (Lipinski definition) is 5. The number of benzene rings is 2. The first-order valence-electron chi connectivity index (χ1n) is 11.8. The molecule has 2 aliphatic rings. The van der Waals surface area contributed by atoms with Crippen molar-refractivity contribution >= 4 is 23.2 Å². The maximum absolute atomic E-state index is 12.7. The lowest BCUT2D eigenvalue weighted by Crippen LogP contribution is -2.43. The average molecular weight is 451 g/mol. The van der Waals surface area contributed by atoms with Crippen LogP contribution < -0.4 is 20.3 Å². The van der Waals surface area contributed by atoms with Crippen LogP contribution in [0.4, 0.5) is 16.2 Å². The van der Waals surface area contributed by atoms with Gasteiger partial charge in [-0.1, -0.05) is 17.7 Å². The number of likely N-dealkylation sites (tertiary alicyclic amines) is 1. The summed E-state index contributed by atoms with van der Waals surface area (Å²) in [5.41, 5.74) is 3.15. The van der Waals surface area contributed by atoms with Gasteiger partial charge in [-0.05, 0) is 56.7 Å². The summed E-state index contributed by atoms with van der Waals surface area (Å²) in [6.07, 6.45) is 2.82. The van der Waals surface area contributed by atoms with E-state index >= 15 is 0 Å². The van der Waals surface area contributed by atoms with Crippen molar-refractivity contribution in [2.24, 2.45) is 0 Å². The predicted molar refractivity (Wildman–Crippen MR) is 131 cm³/mol. The number of ketones is 1. The second kappa shape index (κ2) is 10.7. The Hall–Kier alpha value is -3.06. The van der Waals surface area contributed by atoms with Crippen LogP contribution in [-0.4, -0.2) is 61.6 Å². The first kappa shape index (κ1) is 23.1. The van der Waals surface area contributed by atoms with Gasteiger partial charge in [0.05, 0.1) is 6.54 Å². The molecule has 33 heavy (non-hydrogen) atoms. The predicted octanol–water partition coefficient (Wildman–Crippen LogP) is 3.83. The van der Waals surface area contributed by atoms with Crippen LogP contribution in [0.15, 0.2) is 48.5 Å². The van der Waals surface area contributed by atoms with Crippen molar-refractivity contribution in [3.8, 4) is 5.75 Å². The molecular weight excluding hydrogens is 416 g/mol. The molecule has 4 rings (SSSR count). The number of amides is 2. The Morgan fingerprint density at radius 2 is 1.67 bits per heavy atom. The smallest absolute Gasteiger partial charge is 0.321 e. The molecule has 2 saturated heterocycles. The third-order valence-electron chi connectivity index (χ3n) is 6.36. The Labute approximate surface area is 196 Å². The molecule has 2 amide bonds. The minimum absolute atomic E-state index is 0.0637. The van der Waals surface area contributed by atoms with Gasteiger partial charge in [-0.2, -0.15) is 0 Å². The van der Waals surface area contributed by atoms with Crippen LogP contribution in [0, 0.1) is 6.92 Å². The van der Waals surface area contributed by atoms with E-state index in [0.29, 0.717) is 25.7 Å². The molecule has 2 aromatic carbocycles. The maximum Gasteiger partial charge on any atom is 0.321 e. The Kier molecular flexibility index (Phi) is 7.50. The highest BCUT2D eigenvalue weighted by molar-refractivity contribution is 5.89. The van der Waals surface area contributed by atoms with Crippen molar-refractivity contribution in [2.75, 3.05) is 42.9 Å². The monoisotopic (exact) mass is 450 g/mol. The fraction of sp³-hybridized carbons (Fsp3) is 0.462. The number of nitrogens with one attached hydrogen (secondary N) is 2. The minimum Gasteiger partial charge on any atom is -0.490 e. The summed E-state index contributed by atoms with van der Waals surface area (Å²) in [4.78, 5) is 28.0. The summed E-state index contributed by atoms with van der Waals surface area (Å²) >= 11 is 0. The van der Waals surface area contributed by atoms with Gasteiger partial charge in [0, 0.05) is 56.4 Å². The summed E-state index contributed by atoms with van der Waals surface area (Å²) in [7, 11) is 0. The molecule has 2 aliphatic heterocycles. The van der Waals surface area contributed by atoms with Gasteiger partial charge in [-0.25, -0.2) is 4.79 Å². The molecular formula is C26H34N4O3. The van der Waals surface area contributed by atoms with E-state index in [2.05, 4.69) is 34.6 Å². The summed E-state index contributed by atoms with van der Waals surface area (Å²) in [6.45, 7) is 7.31. The second-order valence-corrected chi connectivity index (χ2v) is 9.11. The van der Waals surface area contributed by atoms with Crippen molar-refractivity contribution in [3.05, 3.63) is 54.1 Å². The van der Waals surface area contributed by atoms with Crippen LogP contribution in [0.3, 0.4) is 0 Å². The third-order valence-corrected chi connectivity index (χ3v) is 6.36. The third kappa shape index (κ3) is 6.48. The van der Waals surface area contributed by atoms with Crippen molar-refractivity contribution in [3.63, 3.8) is 0 Å². The minimum atomic E-state index is -0.0637. The van der Waals surface area contributed by atoms with Crippen molar-refractivity contribution < 1.29 is 14.3 Å². The van der Waals surface area contributed by atoms with Gasteiger partial charge in [0.1, 0.15) is 17.6 Å². The second-order valence-electron chi connectivity index (χ2n) is 9.11. The van der Waals surface area contributed by atoms with Crippen molar-refractivity contribution in [1.82, 2.24) is 10.2 Å². The number of nitrogens with zero attached hydrogens (tertiary/aromatic N) is 2. The van der Waals surface area contributed by atoms with Gasteiger partial charge in [-0.15, -0.1) is 0 Å². The number of aryl methyl sites for hydroxylation is 1. The van der Waals surface area contributed by atoms with E-state index in [9.17, 15) is 9.59 Å². The van der Waals surface area contributed by atoms with E-state index < -0.39 is 0 Å². The van der Waals surface area contributed by atoms with E-state index in [0.717, 1.165) is 49.5 Å². The van der Waals surface area contributed by atoms with Gasteiger partial charge in [-0.3, -0.25) is 4.79 Å². The SMILES string of the molecule is CC(=O)CNC1CCN(c2ccc(NC(=O)N3CCC(Oc4ccc(C)cc4)CC3)cc2)C1. The number of carbonyl (C=O) groups excluding carboxylic acids is 2. The molecule has 0 aromatic heterocycles. The largest absolute Gasteiger partial charge is 0.490 e. The van der Waals surface area contributed by atoms with E-state index in [1.54, 1.807) is 6.92 Å². The Balaban J connectivity index is 1.21. The zero-order valence-corrected chi connectivity index (χ0v) is 19.5. The number of rotatable bonds is 7. The summed E-state index contributed by atoms with van der Waals surface area (Å²) in [5, 5.41) is 6.33. The fourth-order valence-electron chi connectivity index (χ4n) is 4.39. The number of urea groups is 1. The average Bonchev–Trinajstić information content (AvgIpc) is 3.29. The van der Waals surface area contributed by atoms with E-state index in [1.807, 2.05) is 41.3 Å². The molecule has 0 aliphatic carbocycles. The topological polar surface area (TPSA) is 73.9 Å². The molecule has 1 unspecified atom stereocenters. The van der Waals surface area contributed by atoms with Gasteiger partial charge < -0.3 is 25.2 Å². The number of anilines is 2. The summed E-state index contributed by atoms with van der Waals surface area (Å²) in [6, 6.07) is 16.4. The lowest BCUT2D eigenvalue weighted by atomic mass is 10.1. The Bertz CT molecular complexity index is 937. The lowest BCUT2D eigenvalue weighted by molar-refractivity contribution is -0.116. The van der Waals surface area contributed by atoms with E-state index in [4.69, 9.17) is 4.74 Å². The highest BCUT2D eigenvalue weighted by Crippen LogP contribution is 2.24. The van der Waals surface area contributed by atoms with Crippen molar-refractivity contribution in [2.45, 2.75) is 45.3 Å². The molecule has 176 valence electrons. The molecule has 2 aromatic rings. The molecule has 7 heteroatoms. The van der Waals surface area contributed by atoms with Gasteiger partial charge in [0.2, 0.25) is 0 Å². The standard InChI is InChI=1S/C26H34N4O3/c1-19-3-9-24(10-4-19)33-25-12-15-29(16-13-25)26(32)28-21-5-7-23(8-6-21)30-14-11-22(18-30)27-17-20(2)31/h3-10,22,25,27H,11-18H2,1-2H3,(H,28,32). The number of carbonyl (C=O) groups is 2. The van der Waals surface area contributed by atoms with E-state index in [1.165, 1.54) is 5.56 Å². The Morgan fingerprint density at radius 3 is 2.33 bits per heavy atom. The number of piperidine rings is 1. The van der Waals surface area contributed by atoms with Gasteiger partial charge >= 0.3 is 6.03 Å². The van der Waals surface area contributed by atoms with Crippen LogP contribution in [0.25, 0.3) is 0 Å². The summed E-state index contributed by atoms with van der Waals surface area (Å²) < 4.78 is 6.07. The highest BCUT2D eigenvalue weighted by Gasteiger charge is 2.25. The molecule has 0 saturated carbocycles. The first-order valence-corrected chi connectivity index (χ1v) is 11.8. The van der Waals surface area contributed by atoms with Gasteiger partial charge in [0.15, 0.2) is 0 Å². The molecule has 0 bridgehead atoms. The Morgan fingerprint density at radius 1 is 0.970 bits per heavy atom. The molecule has 7 nitrogen and oxygen atoms in total. The van der Waals surface area contributed by atoms with Crippen LogP contribution in [0.2, 0.25) is 0 Å². The lowest BCUT2D eigenvalue weighted by Gasteiger charge is -2.32. The molecule has 0 spiro atoms. The summed E-state index contributed by atoms with van der Waals surface area (Å²) in [5.74, 6) is 1.05. The van der Waals surface area contributed by atoms with E-state index in [-0.39, 0.29) is 17.9 Å². The highest BCUT2D eigenvalue weighted by atomic mass is 16.5. The van der Waals surface area contributed by atoms with Crippen molar-refractivity contribution in [1.29, 1.82) is 0 Å². The maximum atomic E-state index is 12.7. The number of hydrogen-bond donors (Lipinski definition) is 2. The quantitative estimate of drug-likeness (QED) is 0.671. The molecule has 2 fully saturated rings. The zero-order valence-electron chi connectivity index (χ0n) is 19.5. The molecule has 2 heterocycles. The fourth-order valence-corrected chi connectivity index (χ4v) is 4.39. The van der Waals surface area contributed by atoms with Gasteiger partial charge in [0.25, 0.3) is 0 Å². The number of ether oxygens (including phenoxy) is 1. The van der Waals surface area contributed by atoms with Crippen LogP contribution in [-0.2, 0) is 4.79 Å². The van der Waals surface area contributed by atoms with Crippen LogP contribution in [0.1, 0.15) is 31.7 Å². The first-order chi connectivity index (χ1) is 16.0. The molecule has 2 N–H and O–H groups in total. The zero-order chi connectivity index (χ0) is 23.2. The molecule has 1 atom stereocenters.